The zero-order chi connectivity index (χ0) is 24.2. The lowest BCUT2D eigenvalue weighted by atomic mass is 9.80. The summed E-state index contributed by atoms with van der Waals surface area (Å²) in [6.07, 6.45) is 3.88. The number of rotatable bonds is 6. The summed E-state index contributed by atoms with van der Waals surface area (Å²) >= 11 is 5.92. The first kappa shape index (κ1) is 23.1. The first-order valence-corrected chi connectivity index (χ1v) is 12.2. The summed E-state index contributed by atoms with van der Waals surface area (Å²) < 4.78 is 11.4. The summed E-state index contributed by atoms with van der Waals surface area (Å²) in [7, 11) is 0. The molecular weight excluding hydrogens is 458 g/mol. The van der Waals surface area contributed by atoms with Crippen molar-refractivity contribution >= 4 is 40.1 Å². The van der Waals surface area contributed by atoms with Crippen LogP contribution >= 0.6 is 11.6 Å². The third kappa shape index (κ3) is 5.23. The Morgan fingerprint density at radius 3 is 2.51 bits per heavy atom. The molecule has 1 atom stereocenters. The summed E-state index contributed by atoms with van der Waals surface area (Å²) in [5.41, 5.74) is 5.55. The van der Waals surface area contributed by atoms with Gasteiger partial charge in [-0.15, -0.1) is 0 Å². The number of fused-ring (bicyclic) bond motifs is 2. The molecule has 0 bridgehead atoms. The Kier molecular flexibility index (Phi) is 6.82. The van der Waals surface area contributed by atoms with Gasteiger partial charge in [-0.3, -0.25) is 0 Å². The quantitative estimate of drug-likeness (QED) is 0.214. The first-order chi connectivity index (χ1) is 17.1. The number of ether oxygens (including phenoxy) is 2. The van der Waals surface area contributed by atoms with Crippen LogP contribution < -0.4 is 4.74 Å². The Morgan fingerprint density at radius 2 is 1.71 bits per heavy atom. The van der Waals surface area contributed by atoms with Gasteiger partial charge in [0.25, 0.3) is 0 Å². The maximum atomic E-state index is 13.4. The summed E-state index contributed by atoms with van der Waals surface area (Å²) in [5.74, 6) is 0.731. The monoisotopic (exact) mass is 483 g/mol. The fourth-order valence-corrected chi connectivity index (χ4v) is 4.74. The number of hydrogen-bond donors (Lipinski definition) is 0. The Labute approximate surface area is 210 Å². The minimum Gasteiger partial charge on any atom is -0.490 e. The van der Waals surface area contributed by atoms with Crippen molar-refractivity contribution in [2.75, 3.05) is 13.2 Å². The normalized spacial score (nSPS) is 16.2. The number of allylic oxidation sites excluding steroid dienone is 1. The van der Waals surface area contributed by atoms with Crippen molar-refractivity contribution in [3.05, 3.63) is 106 Å². The summed E-state index contributed by atoms with van der Waals surface area (Å²) in [6.45, 7) is 2.62. The molecule has 0 N–H and O–H groups in total. The number of aromatic nitrogens is 1. The van der Waals surface area contributed by atoms with Crippen molar-refractivity contribution in [2.24, 2.45) is 5.92 Å². The van der Waals surface area contributed by atoms with E-state index in [2.05, 4.69) is 25.1 Å². The Bertz CT molecular complexity index is 1380. The van der Waals surface area contributed by atoms with E-state index in [1.807, 2.05) is 42.5 Å². The first-order valence-electron chi connectivity index (χ1n) is 11.8. The van der Waals surface area contributed by atoms with Crippen LogP contribution in [-0.4, -0.2) is 24.2 Å². The SMILES string of the molecule is CC1CC(=Cc2ccccc2)c2nc3ccccc3c(C(=O)OCCOc3ccc(Cl)cc3)c2C1. The van der Waals surface area contributed by atoms with E-state index < -0.39 is 0 Å². The average Bonchev–Trinajstić information content (AvgIpc) is 2.87. The van der Waals surface area contributed by atoms with E-state index >= 15 is 0 Å². The number of para-hydroxylation sites is 1. The van der Waals surface area contributed by atoms with Gasteiger partial charge in [-0.2, -0.15) is 0 Å². The number of halogens is 1. The van der Waals surface area contributed by atoms with E-state index in [4.69, 9.17) is 26.1 Å². The van der Waals surface area contributed by atoms with Crippen LogP contribution in [0, 0.1) is 5.92 Å². The van der Waals surface area contributed by atoms with Gasteiger partial charge in [-0.05, 0) is 71.9 Å². The highest BCUT2D eigenvalue weighted by Gasteiger charge is 2.28. The second-order valence-corrected chi connectivity index (χ2v) is 9.30. The maximum absolute atomic E-state index is 13.4. The van der Waals surface area contributed by atoms with E-state index in [9.17, 15) is 4.79 Å². The number of benzene rings is 3. The van der Waals surface area contributed by atoms with E-state index in [0.29, 0.717) is 22.3 Å². The van der Waals surface area contributed by atoms with Gasteiger partial charge < -0.3 is 9.47 Å². The zero-order valence-electron chi connectivity index (χ0n) is 19.5. The van der Waals surface area contributed by atoms with Gasteiger partial charge >= 0.3 is 5.97 Å². The van der Waals surface area contributed by atoms with Crippen LogP contribution in [0.25, 0.3) is 22.6 Å². The molecule has 0 radical (unpaired) electrons. The van der Waals surface area contributed by atoms with Crippen LogP contribution in [0.5, 0.6) is 5.75 Å². The summed E-state index contributed by atoms with van der Waals surface area (Å²) in [6, 6.07) is 25.1. The lowest BCUT2D eigenvalue weighted by molar-refractivity contribution is 0.0451. The van der Waals surface area contributed by atoms with Gasteiger partial charge in [-0.25, -0.2) is 9.78 Å². The molecule has 176 valence electrons. The van der Waals surface area contributed by atoms with Crippen LogP contribution in [0.1, 0.15) is 40.5 Å². The van der Waals surface area contributed by atoms with Crippen molar-refractivity contribution in [1.29, 1.82) is 0 Å². The van der Waals surface area contributed by atoms with Crippen molar-refractivity contribution in [3.63, 3.8) is 0 Å². The molecule has 1 unspecified atom stereocenters. The van der Waals surface area contributed by atoms with Crippen LogP contribution in [0.4, 0.5) is 0 Å². The Hall–Kier alpha value is -3.63. The van der Waals surface area contributed by atoms with Crippen LogP contribution in [-0.2, 0) is 11.2 Å². The molecule has 1 heterocycles. The molecule has 5 heteroatoms. The molecule has 1 aliphatic carbocycles. The standard InChI is InChI=1S/C30H26ClNO3/c1-20-17-22(19-21-7-3-2-4-8-21)29-26(18-20)28(25-9-5-6-10-27(25)32-29)30(33)35-16-15-34-24-13-11-23(31)12-14-24/h2-14,19-20H,15-18H2,1H3. The number of nitrogens with zero attached hydrogens (tertiary/aromatic N) is 1. The molecule has 3 aromatic carbocycles. The van der Waals surface area contributed by atoms with Gasteiger partial charge in [0.15, 0.2) is 0 Å². The number of carbonyl (C=O) groups excluding carboxylic acids is 1. The third-order valence-electron chi connectivity index (χ3n) is 6.16. The Balaban J connectivity index is 1.45. The fraction of sp³-hybridized carbons (Fsp3) is 0.200. The zero-order valence-corrected chi connectivity index (χ0v) is 20.3. The summed E-state index contributed by atoms with van der Waals surface area (Å²) in [4.78, 5) is 18.4. The van der Waals surface area contributed by atoms with Gasteiger partial charge in [0, 0.05) is 10.4 Å². The molecule has 0 aliphatic heterocycles. The van der Waals surface area contributed by atoms with Crippen LogP contribution in [0.2, 0.25) is 5.02 Å². The summed E-state index contributed by atoms with van der Waals surface area (Å²) in [5, 5.41) is 1.47. The van der Waals surface area contributed by atoms with Crippen molar-refractivity contribution in [3.8, 4) is 5.75 Å². The smallest absolute Gasteiger partial charge is 0.339 e. The predicted octanol–water partition coefficient (Wildman–Crippen LogP) is 7.25. The number of carbonyl (C=O) groups is 1. The minimum atomic E-state index is -0.340. The van der Waals surface area contributed by atoms with Gasteiger partial charge in [0.1, 0.15) is 19.0 Å². The average molecular weight is 484 g/mol. The van der Waals surface area contributed by atoms with Crippen molar-refractivity contribution in [1.82, 2.24) is 4.98 Å². The maximum Gasteiger partial charge on any atom is 0.339 e. The second-order valence-electron chi connectivity index (χ2n) is 8.86. The van der Waals surface area contributed by atoms with Crippen LogP contribution in [0.15, 0.2) is 78.9 Å². The predicted molar refractivity (Wildman–Crippen MR) is 141 cm³/mol. The van der Waals surface area contributed by atoms with Gasteiger partial charge in [-0.1, -0.05) is 67.1 Å². The highest BCUT2D eigenvalue weighted by atomic mass is 35.5. The van der Waals surface area contributed by atoms with E-state index in [-0.39, 0.29) is 19.2 Å². The number of pyridine rings is 1. The molecule has 0 saturated heterocycles. The van der Waals surface area contributed by atoms with Crippen molar-refractivity contribution in [2.45, 2.75) is 19.8 Å². The van der Waals surface area contributed by atoms with E-state index in [0.717, 1.165) is 46.1 Å². The lowest BCUT2D eigenvalue weighted by Gasteiger charge is -2.26. The molecule has 1 aromatic heterocycles. The van der Waals surface area contributed by atoms with Crippen molar-refractivity contribution < 1.29 is 14.3 Å². The number of esters is 1. The lowest BCUT2D eigenvalue weighted by Crippen LogP contribution is -2.20. The molecule has 5 rings (SSSR count). The molecule has 4 aromatic rings. The second kappa shape index (κ2) is 10.3. The van der Waals surface area contributed by atoms with Gasteiger partial charge in [0.05, 0.1) is 16.8 Å². The molecular formula is C30H26ClNO3. The molecule has 1 aliphatic rings. The molecule has 35 heavy (non-hydrogen) atoms. The molecule has 0 spiro atoms. The highest BCUT2D eigenvalue weighted by molar-refractivity contribution is 6.30. The van der Waals surface area contributed by atoms with Gasteiger partial charge in [0.2, 0.25) is 0 Å². The van der Waals surface area contributed by atoms with E-state index in [1.54, 1.807) is 24.3 Å². The fourth-order valence-electron chi connectivity index (χ4n) is 4.62. The minimum absolute atomic E-state index is 0.148. The van der Waals surface area contributed by atoms with Crippen LogP contribution in [0.3, 0.4) is 0 Å². The van der Waals surface area contributed by atoms with E-state index in [1.165, 1.54) is 0 Å². The third-order valence-corrected chi connectivity index (χ3v) is 6.41. The molecule has 0 amide bonds. The molecule has 0 fully saturated rings. The number of hydrogen-bond acceptors (Lipinski definition) is 4. The largest absolute Gasteiger partial charge is 0.490 e. The molecule has 0 saturated carbocycles. The highest BCUT2D eigenvalue weighted by Crippen LogP contribution is 2.38. The Morgan fingerprint density at radius 1 is 0.971 bits per heavy atom. The topological polar surface area (TPSA) is 48.4 Å². The molecule has 4 nitrogen and oxygen atoms in total.